The summed E-state index contributed by atoms with van der Waals surface area (Å²) >= 11 is 0. The van der Waals surface area contributed by atoms with Gasteiger partial charge in [0.1, 0.15) is 5.82 Å². The summed E-state index contributed by atoms with van der Waals surface area (Å²) in [5.41, 5.74) is 5.65. The summed E-state index contributed by atoms with van der Waals surface area (Å²) in [6.07, 6.45) is 2.33. The number of hydrogen-bond acceptors (Lipinski definition) is 3. The van der Waals surface area contributed by atoms with Crippen molar-refractivity contribution in [3.8, 4) is 0 Å². The lowest BCUT2D eigenvalue weighted by molar-refractivity contribution is -0.121. The number of amides is 1. The summed E-state index contributed by atoms with van der Waals surface area (Å²) in [5.74, 6) is -0.232. The molecule has 5 heteroatoms. The first-order valence-corrected chi connectivity index (χ1v) is 7.30. The van der Waals surface area contributed by atoms with Gasteiger partial charge < -0.3 is 5.73 Å². The molecule has 0 aromatic heterocycles. The van der Waals surface area contributed by atoms with Crippen LogP contribution in [0.5, 0.6) is 0 Å². The molecule has 114 valence electrons. The predicted octanol–water partition coefficient (Wildman–Crippen LogP) is 1.52. The molecule has 0 spiro atoms. The number of primary amides is 1. The number of benzene rings is 1. The van der Waals surface area contributed by atoms with Crippen LogP contribution in [-0.2, 0) is 16.0 Å². The molecule has 1 aromatic rings. The Bertz CT molecular complexity index is 511. The molecule has 0 aliphatic carbocycles. The Morgan fingerprint density at radius 3 is 2.52 bits per heavy atom. The lowest BCUT2D eigenvalue weighted by Crippen LogP contribution is -2.38. The number of likely N-dealkylation sites (tertiary alicyclic amines) is 1. The highest BCUT2D eigenvalue weighted by molar-refractivity contribution is 5.82. The van der Waals surface area contributed by atoms with Crippen molar-refractivity contribution in [2.45, 2.75) is 25.7 Å². The molecule has 4 nitrogen and oxygen atoms in total. The van der Waals surface area contributed by atoms with E-state index in [9.17, 15) is 14.0 Å². The molecular weight excluding hydrogens is 271 g/mol. The molecule has 1 heterocycles. The van der Waals surface area contributed by atoms with Crippen molar-refractivity contribution in [3.05, 3.63) is 35.6 Å². The van der Waals surface area contributed by atoms with Crippen LogP contribution in [0.15, 0.2) is 24.3 Å². The second kappa shape index (κ2) is 7.31. The predicted molar refractivity (Wildman–Crippen MR) is 78.1 cm³/mol. The van der Waals surface area contributed by atoms with E-state index in [2.05, 4.69) is 4.90 Å². The third-order valence-corrected chi connectivity index (χ3v) is 3.94. The summed E-state index contributed by atoms with van der Waals surface area (Å²) < 4.78 is 13.5. The quantitative estimate of drug-likeness (QED) is 0.864. The van der Waals surface area contributed by atoms with E-state index in [1.54, 1.807) is 18.2 Å². The molecule has 2 rings (SSSR count). The summed E-state index contributed by atoms with van der Waals surface area (Å²) in [6, 6.07) is 6.37. The number of halogens is 1. The molecule has 2 N–H and O–H groups in total. The van der Waals surface area contributed by atoms with Gasteiger partial charge in [-0.2, -0.15) is 0 Å². The molecule has 21 heavy (non-hydrogen) atoms. The average molecular weight is 292 g/mol. The third-order valence-electron chi connectivity index (χ3n) is 3.94. The minimum absolute atomic E-state index is 0.0217. The van der Waals surface area contributed by atoms with E-state index in [0.29, 0.717) is 24.4 Å². The summed E-state index contributed by atoms with van der Waals surface area (Å²) in [6.45, 7) is 1.93. The largest absolute Gasteiger partial charge is 0.370 e. The van der Waals surface area contributed by atoms with E-state index in [-0.39, 0.29) is 23.9 Å². The van der Waals surface area contributed by atoms with Crippen LogP contribution in [0.3, 0.4) is 0 Å². The van der Waals surface area contributed by atoms with Crippen LogP contribution < -0.4 is 5.73 Å². The van der Waals surface area contributed by atoms with E-state index in [1.165, 1.54) is 6.07 Å². The van der Waals surface area contributed by atoms with E-state index < -0.39 is 0 Å². The maximum Gasteiger partial charge on any atom is 0.217 e. The van der Waals surface area contributed by atoms with E-state index in [0.717, 1.165) is 25.9 Å². The second-order valence-electron chi connectivity index (χ2n) is 5.70. The fourth-order valence-corrected chi connectivity index (χ4v) is 2.79. The molecule has 1 fully saturated rings. The fraction of sp³-hybridized carbons (Fsp3) is 0.500. The Labute approximate surface area is 124 Å². The Kier molecular flexibility index (Phi) is 5.44. The standard InChI is InChI=1S/C16H21FN2O2/c17-15-4-2-1-3-13(15)10-14(20)11-19-7-5-12(6-8-19)9-16(18)21/h1-4,12H,5-11H2,(H2,18,21). The number of ketones is 1. The molecule has 0 atom stereocenters. The van der Waals surface area contributed by atoms with Gasteiger partial charge in [0.05, 0.1) is 6.54 Å². The van der Waals surface area contributed by atoms with Crippen molar-refractivity contribution in [1.29, 1.82) is 0 Å². The zero-order valence-electron chi connectivity index (χ0n) is 12.1. The first-order chi connectivity index (χ1) is 10.0. The minimum atomic E-state index is -0.328. The third kappa shape index (κ3) is 4.93. The van der Waals surface area contributed by atoms with Crippen molar-refractivity contribution >= 4 is 11.7 Å². The second-order valence-corrected chi connectivity index (χ2v) is 5.70. The van der Waals surface area contributed by atoms with Gasteiger partial charge in [-0.1, -0.05) is 18.2 Å². The molecule has 1 amide bonds. The van der Waals surface area contributed by atoms with Gasteiger partial charge in [0.25, 0.3) is 0 Å². The van der Waals surface area contributed by atoms with Gasteiger partial charge in [0.15, 0.2) is 5.78 Å². The number of piperidine rings is 1. The van der Waals surface area contributed by atoms with Crippen LogP contribution in [0, 0.1) is 11.7 Å². The van der Waals surface area contributed by atoms with Crippen LogP contribution in [0.4, 0.5) is 4.39 Å². The van der Waals surface area contributed by atoms with Gasteiger partial charge in [0, 0.05) is 12.8 Å². The average Bonchev–Trinajstić information content (AvgIpc) is 2.43. The highest BCUT2D eigenvalue weighted by atomic mass is 19.1. The first-order valence-electron chi connectivity index (χ1n) is 7.30. The Balaban J connectivity index is 1.77. The molecule has 0 saturated carbocycles. The van der Waals surface area contributed by atoms with Crippen LogP contribution in [-0.4, -0.2) is 36.2 Å². The van der Waals surface area contributed by atoms with Crippen LogP contribution in [0.2, 0.25) is 0 Å². The molecular formula is C16H21FN2O2. The number of rotatable bonds is 6. The fourth-order valence-electron chi connectivity index (χ4n) is 2.79. The van der Waals surface area contributed by atoms with Gasteiger partial charge in [-0.15, -0.1) is 0 Å². The van der Waals surface area contributed by atoms with Gasteiger partial charge in [-0.3, -0.25) is 14.5 Å². The number of carbonyl (C=O) groups is 2. The Hall–Kier alpha value is -1.75. The zero-order valence-corrected chi connectivity index (χ0v) is 12.1. The van der Waals surface area contributed by atoms with Gasteiger partial charge in [0.2, 0.25) is 5.91 Å². The number of nitrogens with zero attached hydrogens (tertiary/aromatic N) is 1. The smallest absolute Gasteiger partial charge is 0.217 e. The minimum Gasteiger partial charge on any atom is -0.370 e. The highest BCUT2D eigenvalue weighted by Crippen LogP contribution is 2.20. The Morgan fingerprint density at radius 2 is 1.90 bits per heavy atom. The zero-order chi connectivity index (χ0) is 15.2. The van der Waals surface area contributed by atoms with Crippen molar-refractivity contribution in [1.82, 2.24) is 4.90 Å². The first kappa shape index (κ1) is 15.6. The monoisotopic (exact) mass is 292 g/mol. The van der Waals surface area contributed by atoms with Crippen molar-refractivity contribution in [2.75, 3.05) is 19.6 Å². The lowest BCUT2D eigenvalue weighted by Gasteiger charge is -2.30. The molecule has 0 bridgehead atoms. The van der Waals surface area contributed by atoms with Crippen molar-refractivity contribution in [3.63, 3.8) is 0 Å². The Morgan fingerprint density at radius 1 is 1.24 bits per heavy atom. The molecule has 0 unspecified atom stereocenters. The lowest BCUT2D eigenvalue weighted by atomic mass is 9.93. The van der Waals surface area contributed by atoms with E-state index in [1.807, 2.05) is 0 Å². The number of hydrogen-bond donors (Lipinski definition) is 1. The van der Waals surface area contributed by atoms with Crippen LogP contribution in [0.1, 0.15) is 24.8 Å². The van der Waals surface area contributed by atoms with E-state index >= 15 is 0 Å². The number of nitrogens with two attached hydrogens (primary N) is 1. The molecule has 1 saturated heterocycles. The maximum absolute atomic E-state index is 13.5. The summed E-state index contributed by atoms with van der Waals surface area (Å²) in [7, 11) is 0. The SMILES string of the molecule is NC(=O)CC1CCN(CC(=O)Cc2ccccc2F)CC1. The molecule has 1 aromatic carbocycles. The molecule has 1 aliphatic rings. The van der Waals surface area contributed by atoms with Gasteiger partial charge in [-0.05, 0) is 43.5 Å². The molecule has 1 aliphatic heterocycles. The summed E-state index contributed by atoms with van der Waals surface area (Å²) in [5, 5.41) is 0. The maximum atomic E-state index is 13.5. The number of carbonyl (C=O) groups excluding carboxylic acids is 2. The van der Waals surface area contributed by atoms with Crippen molar-refractivity contribution in [2.24, 2.45) is 11.7 Å². The number of Topliss-reactive ketones (excluding diaryl/α,β-unsaturated/α-hetero) is 1. The highest BCUT2D eigenvalue weighted by Gasteiger charge is 2.22. The van der Waals surface area contributed by atoms with Gasteiger partial charge in [-0.25, -0.2) is 4.39 Å². The topological polar surface area (TPSA) is 63.4 Å². The van der Waals surface area contributed by atoms with Crippen LogP contribution >= 0.6 is 0 Å². The van der Waals surface area contributed by atoms with E-state index in [4.69, 9.17) is 5.73 Å². The summed E-state index contributed by atoms with van der Waals surface area (Å²) in [4.78, 5) is 25.0. The van der Waals surface area contributed by atoms with Crippen LogP contribution in [0.25, 0.3) is 0 Å². The molecule has 0 radical (unpaired) electrons. The van der Waals surface area contributed by atoms with Crippen molar-refractivity contribution < 1.29 is 14.0 Å². The normalized spacial score (nSPS) is 16.8. The van der Waals surface area contributed by atoms with Gasteiger partial charge >= 0.3 is 0 Å².